The van der Waals surface area contributed by atoms with Gasteiger partial charge < -0.3 is 4.79 Å². The van der Waals surface area contributed by atoms with Crippen molar-refractivity contribution in [1.29, 1.82) is 0 Å². The van der Waals surface area contributed by atoms with Crippen molar-refractivity contribution in [2.75, 3.05) is 6.54 Å². The average molecular weight is 255 g/mol. The molecule has 0 aromatic rings. The maximum absolute atomic E-state index is 11.2. The van der Waals surface area contributed by atoms with Crippen molar-refractivity contribution in [3.8, 4) is 0 Å². The van der Waals surface area contributed by atoms with Crippen LogP contribution in [0.3, 0.4) is 0 Å². The Bertz CT molecular complexity index is 271. The van der Waals surface area contributed by atoms with Crippen molar-refractivity contribution in [3.63, 3.8) is 0 Å². The van der Waals surface area contributed by atoms with E-state index >= 15 is 0 Å². The highest BCUT2D eigenvalue weighted by molar-refractivity contribution is 6.01. The van der Waals surface area contributed by atoms with Crippen LogP contribution in [0.25, 0.3) is 0 Å². The van der Waals surface area contributed by atoms with Gasteiger partial charge in [0.2, 0.25) is 11.8 Å². The number of nitrogens with zero attached hydrogens (tertiary/aromatic N) is 1. The van der Waals surface area contributed by atoms with Crippen molar-refractivity contribution in [2.24, 2.45) is 0 Å². The van der Waals surface area contributed by atoms with Crippen molar-refractivity contribution in [1.82, 2.24) is 4.90 Å². The summed E-state index contributed by atoms with van der Waals surface area (Å²) >= 11 is 0. The summed E-state index contributed by atoms with van der Waals surface area (Å²) in [5, 5.41) is 0. The first-order valence-electron chi connectivity index (χ1n) is 6.85. The lowest BCUT2D eigenvalue weighted by Crippen LogP contribution is -2.29. The van der Waals surface area contributed by atoms with E-state index in [1.807, 2.05) is 0 Å². The summed E-state index contributed by atoms with van der Waals surface area (Å²) in [7, 11) is 0. The Kier molecular flexibility index (Phi) is 9.15. The highest BCUT2D eigenvalue weighted by atomic mass is 16.2. The summed E-state index contributed by atoms with van der Waals surface area (Å²) in [5.74, 6) is 0.0986. The Balaban J connectivity index is 0.000000873. The summed E-state index contributed by atoms with van der Waals surface area (Å²) in [6, 6.07) is 0. The predicted molar refractivity (Wildman–Crippen MR) is 71.1 cm³/mol. The Morgan fingerprint density at radius 1 is 1.06 bits per heavy atom. The summed E-state index contributed by atoms with van der Waals surface area (Å²) in [6.07, 6.45) is 5.15. The van der Waals surface area contributed by atoms with Gasteiger partial charge in [0.15, 0.2) is 0 Å². The number of likely N-dealkylation sites (tertiary alicyclic amines) is 1. The lowest BCUT2D eigenvalue weighted by Gasteiger charge is -2.12. The molecule has 0 saturated carbocycles. The van der Waals surface area contributed by atoms with Crippen LogP contribution in [-0.2, 0) is 14.4 Å². The van der Waals surface area contributed by atoms with Crippen molar-refractivity contribution < 1.29 is 14.4 Å². The van der Waals surface area contributed by atoms with E-state index in [2.05, 4.69) is 13.8 Å². The molecular formula is C14H25NO3. The Morgan fingerprint density at radius 2 is 1.56 bits per heavy atom. The number of amides is 2. The number of carbonyl (C=O) groups is 3. The molecule has 1 rings (SSSR count). The Labute approximate surface area is 110 Å². The molecular weight excluding hydrogens is 230 g/mol. The monoisotopic (exact) mass is 255 g/mol. The molecule has 1 saturated heterocycles. The third-order valence-electron chi connectivity index (χ3n) is 2.57. The smallest absolute Gasteiger partial charge is 0.229 e. The number of unbranched alkanes of at least 4 members (excludes halogenated alkanes) is 2. The van der Waals surface area contributed by atoms with Crippen LogP contribution in [0, 0.1) is 0 Å². The molecule has 0 aliphatic carbocycles. The summed E-state index contributed by atoms with van der Waals surface area (Å²) < 4.78 is 0. The fraction of sp³-hybridized carbons (Fsp3) is 0.786. The molecule has 2 amide bonds. The molecule has 4 nitrogen and oxygen atoms in total. The van der Waals surface area contributed by atoms with Gasteiger partial charge in [-0.2, -0.15) is 0 Å². The molecule has 1 fully saturated rings. The van der Waals surface area contributed by atoms with E-state index in [9.17, 15) is 14.4 Å². The third-order valence-corrected chi connectivity index (χ3v) is 2.57. The minimum Gasteiger partial charge on any atom is -0.300 e. The molecule has 0 radical (unpaired) electrons. The van der Waals surface area contributed by atoms with E-state index in [1.165, 1.54) is 11.3 Å². The lowest BCUT2D eigenvalue weighted by atomic mass is 10.1. The van der Waals surface area contributed by atoms with Gasteiger partial charge in [0.05, 0.1) is 0 Å². The molecule has 0 N–H and O–H groups in total. The van der Waals surface area contributed by atoms with Crippen LogP contribution >= 0.6 is 0 Å². The molecule has 104 valence electrons. The van der Waals surface area contributed by atoms with E-state index in [0.717, 1.165) is 19.3 Å². The fourth-order valence-electron chi connectivity index (χ4n) is 1.69. The molecule has 0 atom stereocenters. The molecule has 1 heterocycles. The van der Waals surface area contributed by atoms with Gasteiger partial charge in [0.25, 0.3) is 0 Å². The summed E-state index contributed by atoms with van der Waals surface area (Å²) in [6.45, 7) is 6.35. The normalized spacial score (nSPS) is 14.5. The zero-order valence-electron chi connectivity index (χ0n) is 11.8. The number of hydrogen-bond acceptors (Lipinski definition) is 3. The van der Waals surface area contributed by atoms with E-state index in [0.29, 0.717) is 25.8 Å². The first kappa shape index (κ1) is 16.8. The number of carbonyl (C=O) groups excluding carboxylic acids is 3. The predicted octanol–water partition coefficient (Wildman–Crippen LogP) is 2.70. The second-order valence-corrected chi connectivity index (χ2v) is 4.66. The van der Waals surface area contributed by atoms with Crippen LogP contribution in [0.15, 0.2) is 0 Å². The van der Waals surface area contributed by atoms with Gasteiger partial charge in [-0.15, -0.1) is 0 Å². The standard InChI is InChI=1S/C11H17NO3.C3H8/c1-9(13)5-3-2-4-8-12-10(14)6-7-11(12)15;1-3-2/h2-8H2,1H3;3H2,1-2H3. The molecule has 4 heteroatoms. The number of ketones is 1. The van der Waals surface area contributed by atoms with E-state index in [-0.39, 0.29) is 17.6 Å². The molecule has 0 unspecified atom stereocenters. The average Bonchev–Trinajstić information content (AvgIpc) is 2.60. The van der Waals surface area contributed by atoms with Gasteiger partial charge in [0, 0.05) is 25.8 Å². The summed E-state index contributed by atoms with van der Waals surface area (Å²) in [5.41, 5.74) is 0. The van der Waals surface area contributed by atoms with Crippen LogP contribution in [0.2, 0.25) is 0 Å². The summed E-state index contributed by atoms with van der Waals surface area (Å²) in [4.78, 5) is 34.4. The number of imide groups is 1. The quantitative estimate of drug-likeness (QED) is 0.541. The molecule has 0 aromatic carbocycles. The largest absolute Gasteiger partial charge is 0.300 e. The molecule has 1 aliphatic rings. The zero-order chi connectivity index (χ0) is 14.0. The first-order chi connectivity index (χ1) is 8.52. The van der Waals surface area contributed by atoms with Crippen LogP contribution in [0.1, 0.15) is 65.7 Å². The van der Waals surface area contributed by atoms with Crippen molar-refractivity contribution in [2.45, 2.75) is 65.7 Å². The highest BCUT2D eigenvalue weighted by Gasteiger charge is 2.27. The van der Waals surface area contributed by atoms with Gasteiger partial charge in [-0.1, -0.05) is 26.7 Å². The minimum atomic E-state index is -0.0495. The first-order valence-corrected chi connectivity index (χ1v) is 6.85. The van der Waals surface area contributed by atoms with Gasteiger partial charge in [-0.25, -0.2) is 0 Å². The van der Waals surface area contributed by atoms with Gasteiger partial charge in [0.1, 0.15) is 5.78 Å². The number of rotatable bonds is 6. The molecule has 0 spiro atoms. The van der Waals surface area contributed by atoms with E-state index < -0.39 is 0 Å². The highest BCUT2D eigenvalue weighted by Crippen LogP contribution is 2.13. The maximum atomic E-state index is 11.2. The van der Waals surface area contributed by atoms with E-state index in [1.54, 1.807) is 6.92 Å². The fourth-order valence-corrected chi connectivity index (χ4v) is 1.69. The molecule has 18 heavy (non-hydrogen) atoms. The second-order valence-electron chi connectivity index (χ2n) is 4.66. The number of Topliss-reactive ketones (excluding diaryl/α,β-unsaturated/α-hetero) is 1. The topological polar surface area (TPSA) is 54.5 Å². The van der Waals surface area contributed by atoms with Crippen LogP contribution in [-0.4, -0.2) is 29.0 Å². The number of hydrogen-bond donors (Lipinski definition) is 0. The Morgan fingerprint density at radius 3 is 2.00 bits per heavy atom. The third kappa shape index (κ3) is 7.20. The van der Waals surface area contributed by atoms with Crippen LogP contribution in [0.5, 0.6) is 0 Å². The maximum Gasteiger partial charge on any atom is 0.229 e. The molecule has 0 bridgehead atoms. The molecule has 0 aromatic heterocycles. The van der Waals surface area contributed by atoms with Gasteiger partial charge in [-0.3, -0.25) is 14.5 Å². The Hall–Kier alpha value is -1.19. The van der Waals surface area contributed by atoms with Crippen LogP contribution < -0.4 is 0 Å². The zero-order valence-corrected chi connectivity index (χ0v) is 11.8. The van der Waals surface area contributed by atoms with Crippen molar-refractivity contribution in [3.05, 3.63) is 0 Å². The van der Waals surface area contributed by atoms with Gasteiger partial charge in [-0.05, 0) is 19.8 Å². The van der Waals surface area contributed by atoms with Gasteiger partial charge >= 0.3 is 0 Å². The van der Waals surface area contributed by atoms with E-state index in [4.69, 9.17) is 0 Å². The second kappa shape index (κ2) is 9.80. The SMILES string of the molecule is CC(=O)CCCCCN1C(=O)CCC1=O.CCC. The lowest BCUT2D eigenvalue weighted by molar-refractivity contribution is -0.138. The van der Waals surface area contributed by atoms with Crippen LogP contribution in [0.4, 0.5) is 0 Å². The minimum absolute atomic E-state index is 0.0495. The van der Waals surface area contributed by atoms with Crippen molar-refractivity contribution >= 4 is 17.6 Å². The molecule has 1 aliphatic heterocycles.